The molecule has 1 atom stereocenters. The summed E-state index contributed by atoms with van der Waals surface area (Å²) in [5.41, 5.74) is 1.75. The van der Waals surface area contributed by atoms with Gasteiger partial charge in [-0.25, -0.2) is 0 Å². The molecule has 0 bridgehead atoms. The number of nitrogens with one attached hydrogen (secondary N) is 1. The van der Waals surface area contributed by atoms with E-state index in [4.69, 9.17) is 9.47 Å². The number of guanidine groups is 1. The van der Waals surface area contributed by atoms with Crippen LogP contribution in [0.25, 0.3) is 0 Å². The number of rotatable bonds is 8. The van der Waals surface area contributed by atoms with Crippen LogP contribution in [0, 0.1) is 5.92 Å². The molecule has 1 saturated carbocycles. The first-order chi connectivity index (χ1) is 12.3. The average Bonchev–Trinajstić information content (AvgIpc) is 3.31. The van der Waals surface area contributed by atoms with Crippen LogP contribution in [-0.2, 0) is 14.9 Å². The van der Waals surface area contributed by atoms with Gasteiger partial charge in [0.15, 0.2) is 5.96 Å². The highest BCUT2D eigenvalue weighted by Crippen LogP contribution is 2.47. The van der Waals surface area contributed by atoms with Gasteiger partial charge in [-0.1, -0.05) is 30.3 Å². The lowest BCUT2D eigenvalue weighted by Gasteiger charge is -2.24. The fraction of sp³-hybridized carbons (Fsp3) is 0.650. The molecule has 25 heavy (non-hydrogen) atoms. The van der Waals surface area contributed by atoms with Gasteiger partial charge in [0, 0.05) is 45.1 Å². The van der Waals surface area contributed by atoms with Crippen LogP contribution >= 0.6 is 0 Å². The molecule has 2 aliphatic rings. The van der Waals surface area contributed by atoms with Crippen molar-refractivity contribution in [1.29, 1.82) is 0 Å². The van der Waals surface area contributed by atoms with Gasteiger partial charge < -0.3 is 19.7 Å². The number of likely N-dealkylation sites (tertiary alicyclic amines) is 1. The van der Waals surface area contributed by atoms with Crippen molar-refractivity contribution >= 4 is 5.96 Å². The molecule has 0 radical (unpaired) electrons. The molecular formula is C20H31N3O2. The van der Waals surface area contributed by atoms with Gasteiger partial charge in [0.1, 0.15) is 0 Å². The van der Waals surface area contributed by atoms with Crippen LogP contribution in [0.3, 0.4) is 0 Å². The summed E-state index contributed by atoms with van der Waals surface area (Å²) in [6.07, 6.45) is 3.69. The topological polar surface area (TPSA) is 46.1 Å². The summed E-state index contributed by atoms with van der Waals surface area (Å²) in [6.45, 7) is 5.20. The van der Waals surface area contributed by atoms with Gasteiger partial charge in [0.2, 0.25) is 0 Å². The Balaban J connectivity index is 1.46. The summed E-state index contributed by atoms with van der Waals surface area (Å²) in [5.74, 6) is 1.61. The molecule has 1 unspecified atom stereocenters. The highest BCUT2D eigenvalue weighted by molar-refractivity contribution is 5.80. The van der Waals surface area contributed by atoms with Crippen LogP contribution in [0.1, 0.15) is 24.8 Å². The van der Waals surface area contributed by atoms with Crippen molar-refractivity contribution in [2.75, 3.05) is 53.6 Å². The van der Waals surface area contributed by atoms with E-state index in [1.165, 1.54) is 18.4 Å². The summed E-state index contributed by atoms with van der Waals surface area (Å²) < 4.78 is 10.7. The van der Waals surface area contributed by atoms with Gasteiger partial charge in [0.05, 0.1) is 19.8 Å². The Kier molecular flexibility index (Phi) is 6.32. The van der Waals surface area contributed by atoms with Crippen LogP contribution in [0.4, 0.5) is 0 Å². The molecule has 1 N–H and O–H groups in total. The van der Waals surface area contributed by atoms with Crippen molar-refractivity contribution < 1.29 is 9.47 Å². The van der Waals surface area contributed by atoms with Crippen molar-refractivity contribution in [1.82, 2.24) is 10.2 Å². The third kappa shape index (κ3) is 4.73. The Morgan fingerprint density at radius 2 is 2.08 bits per heavy atom. The van der Waals surface area contributed by atoms with Gasteiger partial charge in [-0.3, -0.25) is 4.99 Å². The van der Waals surface area contributed by atoms with E-state index in [0.717, 1.165) is 38.6 Å². The lowest BCUT2D eigenvalue weighted by Crippen LogP contribution is -2.43. The van der Waals surface area contributed by atoms with Gasteiger partial charge >= 0.3 is 0 Å². The Hall–Kier alpha value is -1.59. The first kappa shape index (κ1) is 18.2. The maximum atomic E-state index is 5.69. The van der Waals surface area contributed by atoms with Crippen molar-refractivity contribution in [2.24, 2.45) is 10.9 Å². The Morgan fingerprint density at radius 3 is 2.76 bits per heavy atom. The SMILES string of the molecule is CN=C(NCC1(c2ccccc2)CC1)N1CCC(COCCOC)C1. The molecule has 1 aliphatic heterocycles. The first-order valence-electron chi connectivity index (χ1n) is 9.35. The second kappa shape index (κ2) is 8.68. The minimum atomic E-state index is 0.305. The molecule has 138 valence electrons. The van der Waals surface area contributed by atoms with E-state index in [1.807, 2.05) is 7.05 Å². The molecule has 5 heteroatoms. The fourth-order valence-corrected chi connectivity index (χ4v) is 3.64. The quantitative estimate of drug-likeness (QED) is 0.446. The predicted molar refractivity (Wildman–Crippen MR) is 101 cm³/mol. The summed E-state index contributed by atoms with van der Waals surface area (Å²) >= 11 is 0. The highest BCUT2D eigenvalue weighted by atomic mass is 16.5. The number of hydrogen-bond acceptors (Lipinski definition) is 3. The summed E-state index contributed by atoms with van der Waals surface area (Å²) in [7, 11) is 3.59. The van der Waals surface area contributed by atoms with Crippen LogP contribution < -0.4 is 5.32 Å². The van der Waals surface area contributed by atoms with E-state index in [9.17, 15) is 0 Å². The van der Waals surface area contributed by atoms with Crippen LogP contribution in [-0.4, -0.2) is 64.5 Å². The zero-order valence-corrected chi connectivity index (χ0v) is 15.5. The smallest absolute Gasteiger partial charge is 0.193 e. The van der Waals surface area contributed by atoms with E-state index in [0.29, 0.717) is 24.5 Å². The second-order valence-electron chi connectivity index (χ2n) is 7.22. The van der Waals surface area contributed by atoms with Gasteiger partial charge in [-0.05, 0) is 24.8 Å². The van der Waals surface area contributed by atoms with Gasteiger partial charge in [0.25, 0.3) is 0 Å². The maximum absolute atomic E-state index is 5.69. The summed E-state index contributed by atoms with van der Waals surface area (Å²) in [6, 6.07) is 10.9. The highest BCUT2D eigenvalue weighted by Gasteiger charge is 2.44. The Labute approximate surface area is 151 Å². The predicted octanol–water partition coefficient (Wildman–Crippen LogP) is 2.28. The molecule has 2 fully saturated rings. The maximum Gasteiger partial charge on any atom is 0.193 e. The molecule has 1 heterocycles. The normalized spacial score (nSPS) is 22.2. The molecule has 0 amide bonds. The van der Waals surface area contributed by atoms with E-state index < -0.39 is 0 Å². The van der Waals surface area contributed by atoms with Gasteiger partial charge in [-0.2, -0.15) is 0 Å². The minimum Gasteiger partial charge on any atom is -0.382 e. The number of methoxy groups -OCH3 is 1. The molecule has 0 spiro atoms. The minimum absolute atomic E-state index is 0.305. The number of ether oxygens (including phenoxy) is 2. The molecular weight excluding hydrogens is 314 g/mol. The number of hydrogen-bond donors (Lipinski definition) is 1. The first-order valence-corrected chi connectivity index (χ1v) is 9.35. The molecule has 3 rings (SSSR count). The van der Waals surface area contributed by atoms with E-state index >= 15 is 0 Å². The van der Waals surface area contributed by atoms with Crippen molar-refractivity contribution in [3.63, 3.8) is 0 Å². The zero-order chi connectivity index (χ0) is 17.5. The monoisotopic (exact) mass is 345 g/mol. The summed E-state index contributed by atoms with van der Waals surface area (Å²) in [5, 5.41) is 3.62. The van der Waals surface area contributed by atoms with Crippen molar-refractivity contribution in [3.8, 4) is 0 Å². The largest absolute Gasteiger partial charge is 0.382 e. The van der Waals surface area contributed by atoms with Crippen LogP contribution in [0.15, 0.2) is 35.3 Å². The molecule has 1 aromatic carbocycles. The molecule has 5 nitrogen and oxygen atoms in total. The zero-order valence-electron chi connectivity index (χ0n) is 15.5. The molecule has 0 aromatic heterocycles. The van der Waals surface area contributed by atoms with E-state index in [1.54, 1.807) is 7.11 Å². The molecule has 1 aromatic rings. The van der Waals surface area contributed by atoms with Crippen LogP contribution in [0.2, 0.25) is 0 Å². The summed E-state index contributed by atoms with van der Waals surface area (Å²) in [4.78, 5) is 6.88. The number of nitrogens with zero attached hydrogens (tertiary/aromatic N) is 2. The average molecular weight is 345 g/mol. The Bertz CT molecular complexity index is 557. The third-order valence-electron chi connectivity index (χ3n) is 5.41. The van der Waals surface area contributed by atoms with Crippen LogP contribution in [0.5, 0.6) is 0 Å². The number of benzene rings is 1. The second-order valence-corrected chi connectivity index (χ2v) is 7.22. The van der Waals surface area contributed by atoms with Crippen molar-refractivity contribution in [2.45, 2.75) is 24.7 Å². The Morgan fingerprint density at radius 1 is 1.28 bits per heavy atom. The van der Waals surface area contributed by atoms with Gasteiger partial charge in [-0.15, -0.1) is 0 Å². The van der Waals surface area contributed by atoms with Crippen molar-refractivity contribution in [3.05, 3.63) is 35.9 Å². The fourth-order valence-electron chi connectivity index (χ4n) is 3.64. The van der Waals surface area contributed by atoms with E-state index in [2.05, 4.69) is 45.5 Å². The van der Waals surface area contributed by atoms with E-state index in [-0.39, 0.29) is 0 Å². The standard InChI is InChI=1S/C20H31N3O2/c1-21-19(23-11-8-17(14-23)15-25-13-12-24-2)22-16-20(9-10-20)18-6-4-3-5-7-18/h3-7,17H,8-16H2,1-2H3,(H,21,22). The molecule has 1 aliphatic carbocycles. The molecule has 1 saturated heterocycles. The number of aliphatic imine (C=N–C) groups is 1. The lowest BCUT2D eigenvalue weighted by molar-refractivity contribution is 0.0536. The third-order valence-corrected chi connectivity index (χ3v) is 5.41. The lowest BCUT2D eigenvalue weighted by atomic mass is 9.96.